The van der Waals surface area contributed by atoms with Crippen molar-refractivity contribution in [3.63, 3.8) is 0 Å². The van der Waals surface area contributed by atoms with Gasteiger partial charge in [0, 0.05) is 15.1 Å². The number of thiazole rings is 1. The monoisotopic (exact) mass is 331 g/mol. The normalized spacial score (nSPS) is 10.5. The maximum Gasteiger partial charge on any atom is 0.347 e. The van der Waals surface area contributed by atoms with E-state index in [9.17, 15) is 4.79 Å². The molecule has 0 saturated heterocycles. The number of halogens is 2. The number of hydrogen-bond acceptors (Lipinski definition) is 3. The van der Waals surface area contributed by atoms with Gasteiger partial charge in [0.15, 0.2) is 0 Å². The van der Waals surface area contributed by atoms with E-state index >= 15 is 0 Å². The Morgan fingerprint density at radius 3 is 2.76 bits per heavy atom. The average Bonchev–Trinajstić information content (AvgIpc) is 2.60. The highest BCUT2D eigenvalue weighted by Gasteiger charge is 2.16. The summed E-state index contributed by atoms with van der Waals surface area (Å²) in [5, 5.41) is 10.3. The Hall–Kier alpha value is -0.910. The molecule has 1 aromatic carbocycles. The highest BCUT2D eigenvalue weighted by Crippen LogP contribution is 2.34. The second-order valence-electron chi connectivity index (χ2n) is 3.36. The number of aromatic carboxylic acids is 1. The van der Waals surface area contributed by atoms with Gasteiger partial charge in [0.1, 0.15) is 9.88 Å². The first-order valence-corrected chi connectivity index (χ1v) is 6.64. The smallest absolute Gasteiger partial charge is 0.347 e. The lowest BCUT2D eigenvalue weighted by Crippen LogP contribution is -1.94. The van der Waals surface area contributed by atoms with Crippen LogP contribution in [0.25, 0.3) is 10.6 Å². The first-order chi connectivity index (χ1) is 7.99. The van der Waals surface area contributed by atoms with Gasteiger partial charge in [-0.05, 0) is 25.1 Å². The number of hydrogen-bond donors (Lipinski definition) is 1. The first kappa shape index (κ1) is 12.5. The van der Waals surface area contributed by atoms with Crippen LogP contribution in [0, 0.1) is 6.92 Å². The Bertz CT molecular complexity index is 597. The Kier molecular flexibility index (Phi) is 3.51. The first-order valence-electron chi connectivity index (χ1n) is 4.65. The molecule has 1 aromatic heterocycles. The van der Waals surface area contributed by atoms with Gasteiger partial charge < -0.3 is 5.11 Å². The van der Waals surface area contributed by atoms with Gasteiger partial charge in [-0.25, -0.2) is 9.78 Å². The molecule has 0 saturated carbocycles. The summed E-state index contributed by atoms with van der Waals surface area (Å²) < 4.78 is 0.802. The fourth-order valence-electron chi connectivity index (χ4n) is 1.37. The van der Waals surface area contributed by atoms with Crippen molar-refractivity contribution in [2.45, 2.75) is 6.92 Å². The fraction of sp³-hybridized carbons (Fsp3) is 0.0909. The van der Waals surface area contributed by atoms with Gasteiger partial charge in [-0.1, -0.05) is 27.5 Å². The van der Waals surface area contributed by atoms with Crippen molar-refractivity contribution in [1.82, 2.24) is 4.98 Å². The summed E-state index contributed by atoms with van der Waals surface area (Å²) in [6.45, 7) is 1.69. The van der Waals surface area contributed by atoms with Gasteiger partial charge in [0.2, 0.25) is 0 Å². The van der Waals surface area contributed by atoms with E-state index in [1.165, 1.54) is 0 Å². The molecule has 88 valence electrons. The Morgan fingerprint density at radius 1 is 1.53 bits per heavy atom. The molecule has 0 radical (unpaired) electrons. The van der Waals surface area contributed by atoms with E-state index in [0.29, 0.717) is 15.7 Å². The predicted octanol–water partition coefficient (Wildman–Crippen LogP) is 4.23. The summed E-state index contributed by atoms with van der Waals surface area (Å²) in [5.41, 5.74) is 1.37. The van der Waals surface area contributed by atoms with Crippen LogP contribution in [0.1, 0.15) is 15.4 Å². The minimum Gasteiger partial charge on any atom is -0.477 e. The number of carboxylic acid groups (broad SMARTS) is 1. The molecule has 1 N–H and O–H groups in total. The van der Waals surface area contributed by atoms with Gasteiger partial charge in [0.25, 0.3) is 0 Å². The lowest BCUT2D eigenvalue weighted by Gasteiger charge is -2.00. The zero-order chi connectivity index (χ0) is 12.6. The Labute approximate surface area is 115 Å². The summed E-state index contributed by atoms with van der Waals surface area (Å²) in [4.78, 5) is 15.5. The van der Waals surface area contributed by atoms with Gasteiger partial charge >= 0.3 is 5.97 Å². The van der Waals surface area contributed by atoms with Crippen molar-refractivity contribution in [2.75, 3.05) is 0 Å². The van der Waals surface area contributed by atoms with E-state index in [0.717, 1.165) is 21.4 Å². The molecule has 0 aliphatic heterocycles. The van der Waals surface area contributed by atoms with Crippen molar-refractivity contribution in [3.05, 3.63) is 38.3 Å². The highest BCUT2D eigenvalue weighted by molar-refractivity contribution is 9.10. The van der Waals surface area contributed by atoms with Crippen LogP contribution in [0.15, 0.2) is 22.7 Å². The minimum absolute atomic E-state index is 0.266. The van der Waals surface area contributed by atoms with E-state index in [4.69, 9.17) is 16.7 Å². The number of benzene rings is 1. The van der Waals surface area contributed by atoms with Crippen LogP contribution in [0.4, 0.5) is 0 Å². The lowest BCUT2D eigenvalue weighted by molar-refractivity contribution is 0.0701. The zero-order valence-electron chi connectivity index (χ0n) is 8.70. The van der Waals surface area contributed by atoms with Crippen molar-refractivity contribution >= 4 is 44.8 Å². The molecule has 2 rings (SSSR count). The van der Waals surface area contributed by atoms with Crippen molar-refractivity contribution in [3.8, 4) is 10.6 Å². The van der Waals surface area contributed by atoms with Crippen LogP contribution in [-0.4, -0.2) is 16.1 Å². The molecule has 3 nitrogen and oxygen atoms in total. The number of nitrogens with zero attached hydrogens (tertiary/aromatic N) is 1. The van der Waals surface area contributed by atoms with Crippen molar-refractivity contribution < 1.29 is 9.90 Å². The molecule has 0 aliphatic rings. The zero-order valence-corrected chi connectivity index (χ0v) is 11.9. The Morgan fingerprint density at radius 2 is 2.24 bits per heavy atom. The van der Waals surface area contributed by atoms with Crippen LogP contribution >= 0.6 is 38.9 Å². The molecule has 2 aromatic rings. The van der Waals surface area contributed by atoms with Crippen LogP contribution in [0.3, 0.4) is 0 Å². The third-order valence-corrected chi connectivity index (χ3v) is 4.22. The van der Waals surface area contributed by atoms with E-state index in [2.05, 4.69) is 20.9 Å². The second-order valence-corrected chi connectivity index (χ2v) is 5.65. The predicted molar refractivity (Wildman–Crippen MR) is 72.0 cm³/mol. The molecule has 6 heteroatoms. The third-order valence-electron chi connectivity index (χ3n) is 2.15. The standard InChI is InChI=1S/C11H7BrClNO2S/c1-5-9(11(15)16)17-10(14-5)7-3-2-6(13)4-8(7)12/h2-4H,1H3,(H,15,16). The molecule has 0 spiro atoms. The topological polar surface area (TPSA) is 50.2 Å². The number of rotatable bonds is 2. The SMILES string of the molecule is Cc1nc(-c2ccc(Cl)cc2Br)sc1C(=O)O. The molecule has 1 heterocycles. The summed E-state index contributed by atoms with van der Waals surface area (Å²) in [6.07, 6.45) is 0. The van der Waals surface area contributed by atoms with Gasteiger partial charge in [0.05, 0.1) is 5.69 Å². The molecule has 0 bridgehead atoms. The molecule has 0 unspecified atom stereocenters. The van der Waals surface area contributed by atoms with E-state index in [-0.39, 0.29) is 4.88 Å². The minimum atomic E-state index is -0.948. The van der Waals surface area contributed by atoms with Crippen LogP contribution in [0.5, 0.6) is 0 Å². The van der Waals surface area contributed by atoms with Gasteiger partial charge in [-0.3, -0.25) is 0 Å². The summed E-state index contributed by atoms with van der Waals surface area (Å²) in [6, 6.07) is 5.32. The quantitative estimate of drug-likeness (QED) is 0.895. The molecular formula is C11H7BrClNO2S. The largest absolute Gasteiger partial charge is 0.477 e. The maximum absolute atomic E-state index is 10.9. The fourth-order valence-corrected chi connectivity index (χ4v) is 3.32. The van der Waals surface area contributed by atoms with E-state index in [1.807, 2.05) is 6.07 Å². The van der Waals surface area contributed by atoms with Crippen molar-refractivity contribution in [2.24, 2.45) is 0 Å². The van der Waals surface area contributed by atoms with Crippen LogP contribution in [-0.2, 0) is 0 Å². The van der Waals surface area contributed by atoms with Crippen LogP contribution in [0.2, 0.25) is 5.02 Å². The molecule has 0 atom stereocenters. The second kappa shape index (κ2) is 4.76. The lowest BCUT2D eigenvalue weighted by atomic mass is 10.2. The van der Waals surface area contributed by atoms with Gasteiger partial charge in [-0.15, -0.1) is 11.3 Å². The molecule has 0 fully saturated rings. The number of carboxylic acids is 1. The maximum atomic E-state index is 10.9. The molecule has 17 heavy (non-hydrogen) atoms. The third kappa shape index (κ3) is 2.51. The van der Waals surface area contributed by atoms with Crippen molar-refractivity contribution in [1.29, 1.82) is 0 Å². The molecule has 0 amide bonds. The average molecular weight is 333 g/mol. The van der Waals surface area contributed by atoms with E-state index < -0.39 is 5.97 Å². The van der Waals surface area contributed by atoms with Gasteiger partial charge in [-0.2, -0.15) is 0 Å². The number of aryl methyl sites for hydroxylation is 1. The van der Waals surface area contributed by atoms with Crippen LogP contribution < -0.4 is 0 Å². The summed E-state index contributed by atoms with van der Waals surface area (Å²) >= 11 is 10.4. The molecule has 0 aliphatic carbocycles. The van der Waals surface area contributed by atoms with E-state index in [1.54, 1.807) is 19.1 Å². The highest BCUT2D eigenvalue weighted by atomic mass is 79.9. The summed E-state index contributed by atoms with van der Waals surface area (Å²) in [7, 11) is 0. The molecular weight excluding hydrogens is 326 g/mol. The Balaban J connectivity index is 2.53. The number of aromatic nitrogens is 1. The summed E-state index contributed by atoms with van der Waals surface area (Å²) in [5.74, 6) is -0.948. The number of carbonyl (C=O) groups is 1.